The van der Waals surface area contributed by atoms with Gasteiger partial charge >= 0.3 is 0 Å². The highest BCUT2D eigenvalue weighted by Gasteiger charge is 2.16. The number of carbonyl (C=O) groups is 1. The molecule has 0 radical (unpaired) electrons. The molecule has 7 nitrogen and oxygen atoms in total. The average molecular weight is 376 g/mol. The predicted octanol–water partition coefficient (Wildman–Crippen LogP) is 2.52. The van der Waals surface area contributed by atoms with Crippen LogP contribution in [0, 0.1) is 0 Å². The summed E-state index contributed by atoms with van der Waals surface area (Å²) in [6.45, 7) is 13.6. The minimum atomic E-state index is -0.203. The van der Waals surface area contributed by atoms with Crippen molar-refractivity contribution in [3.05, 3.63) is 36.9 Å². The summed E-state index contributed by atoms with van der Waals surface area (Å²) in [5, 5.41) is 6.11. The molecular weight excluding hydrogens is 342 g/mol. The van der Waals surface area contributed by atoms with Crippen LogP contribution in [-0.4, -0.2) is 70.7 Å². The molecule has 0 aromatic heterocycles. The van der Waals surface area contributed by atoms with E-state index in [1.54, 1.807) is 31.5 Å². The van der Waals surface area contributed by atoms with Crippen LogP contribution in [0.15, 0.2) is 41.3 Å². The van der Waals surface area contributed by atoms with Crippen molar-refractivity contribution < 1.29 is 9.53 Å². The number of amides is 1. The van der Waals surface area contributed by atoms with Gasteiger partial charge in [-0.2, -0.15) is 0 Å². The molecule has 0 saturated heterocycles. The molecule has 1 atom stereocenters. The van der Waals surface area contributed by atoms with Gasteiger partial charge in [-0.3, -0.25) is 15.1 Å². The van der Waals surface area contributed by atoms with E-state index in [2.05, 4.69) is 45.4 Å². The molecule has 0 fully saturated rings. The highest BCUT2D eigenvalue weighted by atomic mass is 16.5. The Labute approximate surface area is 163 Å². The van der Waals surface area contributed by atoms with Crippen LogP contribution in [0.3, 0.4) is 0 Å². The maximum atomic E-state index is 12.5. The quantitative estimate of drug-likeness (QED) is 0.270. The molecule has 1 aromatic carbocycles. The topological polar surface area (TPSA) is 78.3 Å². The van der Waals surface area contributed by atoms with E-state index in [0.717, 1.165) is 13.1 Å². The monoisotopic (exact) mass is 375 g/mol. The van der Waals surface area contributed by atoms with Crippen molar-refractivity contribution in [3.63, 3.8) is 0 Å². The van der Waals surface area contributed by atoms with Gasteiger partial charge in [0.2, 0.25) is 0 Å². The maximum absolute atomic E-state index is 12.5. The normalized spacial score (nSPS) is 11.6. The van der Waals surface area contributed by atoms with E-state index < -0.39 is 0 Å². The zero-order chi connectivity index (χ0) is 20.7. The van der Waals surface area contributed by atoms with Crippen LogP contribution in [0.25, 0.3) is 0 Å². The molecular formula is C20H33N5O2. The fourth-order valence-corrected chi connectivity index (χ4v) is 2.11. The van der Waals surface area contributed by atoms with Gasteiger partial charge in [0.15, 0.2) is 0 Å². The van der Waals surface area contributed by atoms with Crippen LogP contribution in [0.5, 0.6) is 5.75 Å². The van der Waals surface area contributed by atoms with Crippen LogP contribution in [0.1, 0.15) is 23.7 Å². The summed E-state index contributed by atoms with van der Waals surface area (Å²) in [4.78, 5) is 22.5. The van der Waals surface area contributed by atoms with Gasteiger partial charge in [0, 0.05) is 38.8 Å². The summed E-state index contributed by atoms with van der Waals surface area (Å²) >= 11 is 0. The summed E-state index contributed by atoms with van der Waals surface area (Å²) < 4.78 is 5.71. The summed E-state index contributed by atoms with van der Waals surface area (Å²) in [6.07, 6.45) is 2.45. The lowest BCUT2D eigenvalue weighted by molar-refractivity contribution is 0.0941. The Balaban J connectivity index is 0.00000326. The summed E-state index contributed by atoms with van der Waals surface area (Å²) in [6, 6.07) is 5.25. The van der Waals surface area contributed by atoms with Crippen LogP contribution in [-0.2, 0) is 0 Å². The van der Waals surface area contributed by atoms with Crippen molar-refractivity contribution in [1.29, 1.82) is 0 Å². The molecule has 0 aliphatic heterocycles. The van der Waals surface area contributed by atoms with Crippen molar-refractivity contribution in [3.8, 4) is 5.75 Å². The van der Waals surface area contributed by atoms with E-state index in [9.17, 15) is 4.79 Å². The van der Waals surface area contributed by atoms with Crippen molar-refractivity contribution in [2.75, 3.05) is 41.0 Å². The zero-order valence-electron chi connectivity index (χ0n) is 17.0. The number of benzene rings is 1. The molecule has 7 heteroatoms. The summed E-state index contributed by atoms with van der Waals surface area (Å²) in [7, 11) is 5.73. The lowest BCUT2D eigenvalue weighted by Gasteiger charge is -2.16. The second kappa shape index (κ2) is 14.6. The Kier molecular flexibility index (Phi) is 13.3. The van der Waals surface area contributed by atoms with Gasteiger partial charge in [0.25, 0.3) is 5.91 Å². The lowest BCUT2D eigenvalue weighted by Crippen LogP contribution is -2.33. The van der Waals surface area contributed by atoms with Gasteiger partial charge in [0.05, 0.1) is 5.56 Å². The van der Waals surface area contributed by atoms with Gasteiger partial charge in [0.1, 0.15) is 18.2 Å². The number of hydrogen-bond donors (Lipinski definition) is 2. The Morgan fingerprint density at radius 3 is 2.67 bits per heavy atom. The second-order valence-corrected chi connectivity index (χ2v) is 5.95. The van der Waals surface area contributed by atoms with Crippen LogP contribution < -0.4 is 15.4 Å². The number of para-hydroxylation sites is 1. The number of carbonyl (C=O) groups excluding carboxylic acids is 1. The Morgan fingerprint density at radius 2 is 2.07 bits per heavy atom. The minimum absolute atomic E-state index is 0.0221. The van der Waals surface area contributed by atoms with Crippen LogP contribution in [0.2, 0.25) is 0 Å². The van der Waals surface area contributed by atoms with Gasteiger partial charge < -0.3 is 19.9 Å². The zero-order valence-corrected chi connectivity index (χ0v) is 17.0. The average Bonchev–Trinajstić information content (AvgIpc) is 2.67. The molecule has 0 heterocycles. The van der Waals surface area contributed by atoms with E-state index in [-0.39, 0.29) is 11.9 Å². The fourth-order valence-electron chi connectivity index (χ4n) is 2.11. The first kappa shape index (κ1) is 24.5. The van der Waals surface area contributed by atoms with Crippen LogP contribution in [0.4, 0.5) is 5.69 Å². The van der Waals surface area contributed by atoms with Gasteiger partial charge in [-0.1, -0.05) is 6.07 Å². The SMILES string of the molecule is C=C.C=Nc1c(OCNCCN(C)C)cccc1C(=O)NC(C)CC=NC. The lowest BCUT2D eigenvalue weighted by atomic mass is 10.1. The molecule has 1 unspecified atom stereocenters. The molecule has 0 aliphatic carbocycles. The molecule has 1 rings (SSSR count). The highest BCUT2D eigenvalue weighted by Crippen LogP contribution is 2.31. The Hall–Kier alpha value is -2.51. The van der Waals surface area contributed by atoms with E-state index >= 15 is 0 Å². The standard InChI is InChI=1S/C18H29N5O2.C2H4/c1-14(9-10-19-2)22-18(24)15-7-6-8-16(17(15)20-3)25-13-21-11-12-23(4)5;1-2/h6-8,10,14,21H,3,9,11-13H2,1-2,4-5H3,(H,22,24);1-2H2. The molecule has 1 amide bonds. The Morgan fingerprint density at radius 1 is 1.37 bits per heavy atom. The number of nitrogens with one attached hydrogen (secondary N) is 2. The van der Waals surface area contributed by atoms with Gasteiger partial charge in [-0.25, -0.2) is 0 Å². The number of ether oxygens (including phenoxy) is 1. The molecule has 1 aromatic rings. The number of rotatable bonds is 11. The number of hydrogen-bond acceptors (Lipinski definition) is 6. The van der Waals surface area contributed by atoms with Crippen LogP contribution >= 0.6 is 0 Å². The molecule has 0 bridgehead atoms. The largest absolute Gasteiger partial charge is 0.476 e. The van der Waals surface area contributed by atoms with Crippen molar-refractivity contribution in [1.82, 2.24) is 15.5 Å². The summed E-state index contributed by atoms with van der Waals surface area (Å²) in [5.41, 5.74) is 0.895. The van der Waals surface area contributed by atoms with Crippen molar-refractivity contribution >= 4 is 24.5 Å². The highest BCUT2D eigenvalue weighted by molar-refractivity contribution is 6.00. The Bertz CT molecular complexity index is 602. The first-order valence-corrected chi connectivity index (χ1v) is 8.79. The fraction of sp³-hybridized carbons (Fsp3) is 0.450. The second-order valence-electron chi connectivity index (χ2n) is 5.95. The number of aliphatic imine (C=N–C) groups is 2. The predicted molar refractivity (Wildman–Crippen MR) is 115 cm³/mol. The van der Waals surface area contributed by atoms with E-state index in [0.29, 0.717) is 30.2 Å². The minimum Gasteiger partial charge on any atom is -0.476 e. The van der Waals surface area contributed by atoms with Crippen molar-refractivity contribution in [2.45, 2.75) is 19.4 Å². The third-order valence-electron chi connectivity index (χ3n) is 3.49. The number of nitrogens with zero attached hydrogens (tertiary/aromatic N) is 3. The smallest absolute Gasteiger partial charge is 0.253 e. The van der Waals surface area contributed by atoms with E-state index in [4.69, 9.17) is 4.74 Å². The maximum Gasteiger partial charge on any atom is 0.253 e. The number of likely N-dealkylation sites (N-methyl/N-ethyl adjacent to an activating group) is 1. The molecule has 2 N–H and O–H groups in total. The van der Waals surface area contributed by atoms with Crippen molar-refractivity contribution in [2.24, 2.45) is 9.98 Å². The molecule has 0 spiro atoms. The molecule has 0 aliphatic rings. The first-order valence-electron chi connectivity index (χ1n) is 8.79. The van der Waals surface area contributed by atoms with E-state index in [1.807, 2.05) is 21.0 Å². The third-order valence-corrected chi connectivity index (χ3v) is 3.49. The van der Waals surface area contributed by atoms with Gasteiger partial charge in [-0.05, 0) is 39.9 Å². The molecule has 27 heavy (non-hydrogen) atoms. The molecule has 150 valence electrons. The first-order chi connectivity index (χ1) is 13.0. The van der Waals surface area contributed by atoms with E-state index in [1.165, 1.54) is 0 Å². The summed E-state index contributed by atoms with van der Waals surface area (Å²) in [5.74, 6) is 0.327. The molecule has 0 saturated carbocycles. The van der Waals surface area contributed by atoms with Gasteiger partial charge in [-0.15, -0.1) is 13.2 Å². The third kappa shape index (κ3) is 9.67.